The molecule has 0 saturated carbocycles. The van der Waals surface area contributed by atoms with E-state index in [9.17, 15) is 13.2 Å². The van der Waals surface area contributed by atoms with Crippen LogP contribution in [-0.4, -0.2) is 63.2 Å². The summed E-state index contributed by atoms with van der Waals surface area (Å²) >= 11 is 0. The van der Waals surface area contributed by atoms with Gasteiger partial charge < -0.3 is 9.64 Å². The van der Waals surface area contributed by atoms with Crippen molar-refractivity contribution in [2.45, 2.75) is 12.5 Å². The minimum absolute atomic E-state index is 0.0936. The first-order chi connectivity index (χ1) is 8.07. The van der Waals surface area contributed by atoms with Crippen LogP contribution in [0.15, 0.2) is 0 Å². The maximum Gasteiger partial charge on any atom is 0.331 e. The van der Waals surface area contributed by atoms with Crippen LogP contribution in [0.3, 0.4) is 0 Å². The summed E-state index contributed by atoms with van der Waals surface area (Å²) in [5.41, 5.74) is 5.32. The van der Waals surface area contributed by atoms with Crippen LogP contribution in [-0.2, 0) is 14.6 Å². The minimum Gasteiger partial charge on any atom is -0.378 e. The lowest BCUT2D eigenvalue weighted by molar-refractivity contribution is 0.0521. The van der Waals surface area contributed by atoms with Crippen LogP contribution < -0.4 is 10.9 Å². The van der Waals surface area contributed by atoms with E-state index in [1.807, 2.05) is 0 Å². The second-order valence-electron chi connectivity index (χ2n) is 4.27. The number of sulfone groups is 1. The molecule has 2 rings (SSSR count). The number of ether oxygens (including phenoxy) is 1. The van der Waals surface area contributed by atoms with Gasteiger partial charge in [0, 0.05) is 19.1 Å². The maximum atomic E-state index is 11.7. The van der Waals surface area contributed by atoms with Crippen molar-refractivity contribution in [2.24, 2.45) is 0 Å². The Balaban J connectivity index is 1.73. The molecule has 2 aliphatic heterocycles. The Bertz CT molecular complexity index is 378. The molecule has 1 atom stereocenters. The van der Waals surface area contributed by atoms with Gasteiger partial charge in [-0.3, -0.25) is 5.43 Å². The van der Waals surface area contributed by atoms with Gasteiger partial charge in [0.2, 0.25) is 0 Å². The Hall–Kier alpha value is -0.860. The molecule has 2 fully saturated rings. The third kappa shape index (κ3) is 3.55. The number of rotatable bonds is 2. The molecule has 2 N–H and O–H groups in total. The zero-order valence-electron chi connectivity index (χ0n) is 9.52. The predicted molar refractivity (Wildman–Crippen MR) is 61.1 cm³/mol. The van der Waals surface area contributed by atoms with Crippen LogP contribution in [0.5, 0.6) is 0 Å². The normalized spacial score (nSPS) is 28.0. The van der Waals surface area contributed by atoms with Crippen molar-refractivity contribution in [3.63, 3.8) is 0 Å². The molecule has 2 amide bonds. The lowest BCUT2D eigenvalue weighted by atomic mass is 10.3. The number of carbonyl (C=O) groups is 1. The summed E-state index contributed by atoms with van der Waals surface area (Å²) in [4.78, 5) is 13.3. The third-order valence-corrected chi connectivity index (χ3v) is 4.68. The summed E-state index contributed by atoms with van der Waals surface area (Å²) in [7, 11) is -2.92. The van der Waals surface area contributed by atoms with Crippen LogP contribution >= 0.6 is 0 Å². The summed E-state index contributed by atoms with van der Waals surface area (Å²) in [6.07, 6.45) is 0.547. The van der Waals surface area contributed by atoms with Crippen LogP contribution in [0.25, 0.3) is 0 Å². The van der Waals surface area contributed by atoms with E-state index in [4.69, 9.17) is 4.74 Å². The highest BCUT2D eigenvalue weighted by molar-refractivity contribution is 7.91. The van der Waals surface area contributed by atoms with Gasteiger partial charge in [-0.1, -0.05) is 0 Å². The van der Waals surface area contributed by atoms with Gasteiger partial charge in [-0.25, -0.2) is 18.6 Å². The quantitative estimate of drug-likeness (QED) is 0.606. The highest BCUT2D eigenvalue weighted by atomic mass is 32.2. The molecule has 0 bridgehead atoms. The highest BCUT2D eigenvalue weighted by Gasteiger charge is 2.28. The summed E-state index contributed by atoms with van der Waals surface area (Å²) < 4.78 is 27.5. The van der Waals surface area contributed by atoms with Crippen LogP contribution in [0.4, 0.5) is 4.79 Å². The molecule has 2 saturated heterocycles. The molecule has 0 radical (unpaired) electrons. The van der Waals surface area contributed by atoms with Crippen molar-refractivity contribution in [1.29, 1.82) is 0 Å². The first-order valence-corrected chi connectivity index (χ1v) is 7.47. The molecule has 17 heavy (non-hydrogen) atoms. The Kier molecular flexibility index (Phi) is 3.85. The number of nitrogens with zero attached hydrogens (tertiary/aromatic N) is 1. The zero-order valence-corrected chi connectivity index (χ0v) is 10.3. The van der Waals surface area contributed by atoms with E-state index < -0.39 is 9.84 Å². The first-order valence-electron chi connectivity index (χ1n) is 5.65. The Morgan fingerprint density at radius 1 is 1.29 bits per heavy atom. The van der Waals surface area contributed by atoms with E-state index in [1.165, 1.54) is 0 Å². The Morgan fingerprint density at radius 2 is 2.00 bits per heavy atom. The van der Waals surface area contributed by atoms with Crippen molar-refractivity contribution in [3.05, 3.63) is 0 Å². The molecule has 2 aliphatic rings. The van der Waals surface area contributed by atoms with E-state index in [0.29, 0.717) is 32.7 Å². The minimum atomic E-state index is -2.92. The topological polar surface area (TPSA) is 87.7 Å². The number of morpholine rings is 1. The van der Waals surface area contributed by atoms with Crippen LogP contribution in [0, 0.1) is 0 Å². The summed E-state index contributed by atoms with van der Waals surface area (Å²) in [6.45, 7) is 2.23. The van der Waals surface area contributed by atoms with Gasteiger partial charge in [-0.15, -0.1) is 0 Å². The van der Waals surface area contributed by atoms with Crippen LogP contribution in [0.1, 0.15) is 6.42 Å². The fourth-order valence-corrected chi connectivity index (χ4v) is 3.59. The molecule has 2 heterocycles. The number of urea groups is 1. The number of hydrogen-bond acceptors (Lipinski definition) is 5. The van der Waals surface area contributed by atoms with Crippen molar-refractivity contribution >= 4 is 15.9 Å². The lowest BCUT2D eigenvalue weighted by Gasteiger charge is -2.27. The fraction of sp³-hybridized carbons (Fsp3) is 0.889. The van der Waals surface area contributed by atoms with Crippen LogP contribution in [0.2, 0.25) is 0 Å². The number of amides is 2. The molecule has 0 spiro atoms. The fourth-order valence-electron chi connectivity index (χ4n) is 1.92. The average Bonchev–Trinajstić information content (AvgIpc) is 2.67. The molecular formula is C9H17N3O4S. The van der Waals surface area contributed by atoms with E-state index in [2.05, 4.69) is 10.9 Å². The summed E-state index contributed by atoms with van der Waals surface area (Å²) in [5, 5.41) is 0. The van der Waals surface area contributed by atoms with Crippen molar-refractivity contribution in [1.82, 2.24) is 15.8 Å². The maximum absolute atomic E-state index is 11.7. The Labute approximate surface area is 100 Å². The molecule has 0 aliphatic carbocycles. The van der Waals surface area contributed by atoms with Crippen molar-refractivity contribution < 1.29 is 17.9 Å². The van der Waals surface area contributed by atoms with Gasteiger partial charge >= 0.3 is 6.03 Å². The largest absolute Gasteiger partial charge is 0.378 e. The van der Waals surface area contributed by atoms with Gasteiger partial charge in [0.25, 0.3) is 0 Å². The second-order valence-corrected chi connectivity index (χ2v) is 6.50. The van der Waals surface area contributed by atoms with E-state index in [0.717, 1.165) is 0 Å². The SMILES string of the molecule is O=C(NNC1CCS(=O)(=O)C1)N1CCOCC1. The molecule has 8 heteroatoms. The molecule has 1 unspecified atom stereocenters. The standard InChI is InChI=1S/C9H17N3O4S/c13-9(12-2-4-16-5-3-12)11-10-8-1-6-17(14,15)7-8/h8,10H,1-7H2,(H,11,13). The van der Waals surface area contributed by atoms with Gasteiger partial charge in [0.1, 0.15) is 0 Å². The van der Waals surface area contributed by atoms with E-state index >= 15 is 0 Å². The molecule has 7 nitrogen and oxygen atoms in total. The lowest BCUT2D eigenvalue weighted by Crippen LogP contribution is -2.53. The van der Waals surface area contributed by atoms with Gasteiger partial charge in [0.15, 0.2) is 9.84 Å². The molecule has 98 valence electrons. The number of hydrogen-bond donors (Lipinski definition) is 2. The van der Waals surface area contributed by atoms with E-state index in [-0.39, 0.29) is 23.6 Å². The third-order valence-electron chi connectivity index (χ3n) is 2.91. The Morgan fingerprint density at radius 3 is 2.59 bits per heavy atom. The zero-order chi connectivity index (χ0) is 12.3. The highest BCUT2D eigenvalue weighted by Crippen LogP contribution is 2.10. The van der Waals surface area contributed by atoms with Gasteiger partial charge in [-0.2, -0.15) is 0 Å². The van der Waals surface area contributed by atoms with Crippen molar-refractivity contribution in [3.8, 4) is 0 Å². The average molecular weight is 263 g/mol. The van der Waals surface area contributed by atoms with Crippen molar-refractivity contribution in [2.75, 3.05) is 37.8 Å². The number of nitrogens with one attached hydrogen (secondary N) is 2. The number of hydrazine groups is 1. The summed E-state index contributed by atoms with van der Waals surface area (Å²) in [5.74, 6) is 0.286. The predicted octanol–water partition coefficient (Wildman–Crippen LogP) is -1.28. The molecular weight excluding hydrogens is 246 g/mol. The smallest absolute Gasteiger partial charge is 0.331 e. The molecule has 0 aromatic carbocycles. The first kappa shape index (κ1) is 12.6. The van der Waals surface area contributed by atoms with E-state index in [1.54, 1.807) is 4.90 Å². The summed E-state index contributed by atoms with van der Waals surface area (Å²) in [6, 6.07) is -0.400. The monoisotopic (exact) mass is 263 g/mol. The van der Waals surface area contributed by atoms with Gasteiger partial charge in [-0.05, 0) is 6.42 Å². The molecule has 0 aromatic heterocycles. The second kappa shape index (κ2) is 5.19. The molecule has 0 aromatic rings. The van der Waals surface area contributed by atoms with Gasteiger partial charge in [0.05, 0.1) is 24.7 Å². The number of carbonyl (C=O) groups excluding carboxylic acids is 1.